The van der Waals surface area contributed by atoms with Crippen molar-refractivity contribution in [2.75, 3.05) is 6.66 Å². The summed E-state index contributed by atoms with van der Waals surface area (Å²) in [6, 6.07) is 0. The van der Waals surface area contributed by atoms with Crippen molar-refractivity contribution < 1.29 is 0 Å². The summed E-state index contributed by atoms with van der Waals surface area (Å²) in [6.07, 6.45) is 3.78. The lowest BCUT2D eigenvalue weighted by Gasteiger charge is -1.86. The van der Waals surface area contributed by atoms with E-state index in [2.05, 4.69) is 13.0 Å². The van der Waals surface area contributed by atoms with E-state index in [1.165, 1.54) is 0 Å². The Labute approximate surface area is 39.9 Å². The largest absolute Gasteiger partial charge is 0.291 e. The third-order valence-corrected chi connectivity index (χ3v) is 2.09. The zero-order chi connectivity index (χ0) is 5.15. The fourth-order valence-electron chi connectivity index (χ4n) is 0. The Morgan fingerprint density at radius 1 is 1.83 bits per heavy atom. The minimum atomic E-state index is -0.132. The zero-order valence-electron chi connectivity index (χ0n) is 4.31. The molecule has 2 unspecified atom stereocenters. The van der Waals surface area contributed by atoms with E-state index in [4.69, 9.17) is 5.73 Å². The molecule has 2 heteroatoms. The Morgan fingerprint density at radius 2 is 2.00 bits per heavy atom. The minimum Gasteiger partial charge on any atom is -0.291 e. The van der Waals surface area contributed by atoms with Crippen LogP contribution in [-0.4, -0.2) is 18.7 Å². The molecule has 0 saturated carbocycles. The highest BCUT2D eigenvalue weighted by atomic mass is 31.1. The molecule has 0 aromatic heterocycles. The molecular weight excluding hydrogens is 93.0 g/mol. The van der Waals surface area contributed by atoms with Crippen molar-refractivity contribution in [3.8, 4) is 0 Å². The summed E-state index contributed by atoms with van der Waals surface area (Å²) in [6.45, 7) is 4.05. The second kappa shape index (κ2) is 2.33. The van der Waals surface area contributed by atoms with Crippen LogP contribution in [0.3, 0.4) is 0 Å². The quantitative estimate of drug-likeness (QED) is 0.490. The van der Waals surface area contributed by atoms with Crippen molar-refractivity contribution in [1.29, 1.82) is 0 Å². The monoisotopic (exact) mass is 104 g/mol. The maximum absolute atomic E-state index is 5.40. The molecule has 0 heterocycles. The maximum atomic E-state index is 5.40. The zero-order valence-corrected chi connectivity index (χ0v) is 5.20. The lowest BCUT2D eigenvalue weighted by molar-refractivity contribution is 1.04. The van der Waals surface area contributed by atoms with Gasteiger partial charge in [0.25, 0.3) is 0 Å². The standard InChI is InChI=1S/C4H11NP/c1-4(5)6(2)3/h4H,2,5H2,1,3H3/q+1. The predicted octanol–water partition coefficient (Wildman–Crippen LogP) is 0.835. The van der Waals surface area contributed by atoms with Crippen molar-refractivity contribution >= 4 is 13.8 Å². The molecule has 0 aromatic carbocycles. The lowest BCUT2D eigenvalue weighted by atomic mass is 10.8. The fraction of sp³-hybridized carbons (Fsp3) is 0.750. The Hall–Kier alpha value is 0.130. The van der Waals surface area contributed by atoms with E-state index in [-0.39, 0.29) is 7.55 Å². The van der Waals surface area contributed by atoms with E-state index in [9.17, 15) is 0 Å². The van der Waals surface area contributed by atoms with Crippen LogP contribution in [0.5, 0.6) is 0 Å². The van der Waals surface area contributed by atoms with E-state index in [0.29, 0.717) is 5.78 Å². The molecule has 0 fully saturated rings. The number of nitrogens with two attached hydrogens (primary N) is 1. The van der Waals surface area contributed by atoms with Gasteiger partial charge in [-0.1, -0.05) is 0 Å². The molecule has 0 bridgehead atoms. The molecule has 0 saturated heterocycles. The van der Waals surface area contributed by atoms with E-state index in [1.54, 1.807) is 0 Å². The third kappa shape index (κ3) is 2.37. The highest BCUT2D eigenvalue weighted by Gasteiger charge is 2.00. The lowest BCUT2D eigenvalue weighted by Crippen LogP contribution is -2.07. The van der Waals surface area contributed by atoms with Gasteiger partial charge in [-0.05, 0) is 6.92 Å². The van der Waals surface area contributed by atoms with Crippen molar-refractivity contribution in [3.05, 3.63) is 0 Å². The number of hydrogen-bond acceptors (Lipinski definition) is 1. The van der Waals surface area contributed by atoms with Crippen LogP contribution >= 0.6 is 7.55 Å². The van der Waals surface area contributed by atoms with Crippen molar-refractivity contribution in [1.82, 2.24) is 0 Å². The van der Waals surface area contributed by atoms with Gasteiger partial charge < -0.3 is 0 Å². The summed E-state index contributed by atoms with van der Waals surface area (Å²) in [4.78, 5) is 0. The van der Waals surface area contributed by atoms with Gasteiger partial charge in [0.2, 0.25) is 0 Å². The first-order valence-electron chi connectivity index (χ1n) is 1.93. The second-order valence-electron chi connectivity index (χ2n) is 1.50. The van der Waals surface area contributed by atoms with Gasteiger partial charge in [0.05, 0.1) is 13.0 Å². The summed E-state index contributed by atoms with van der Waals surface area (Å²) in [7, 11) is -0.132. The van der Waals surface area contributed by atoms with Crippen LogP contribution in [0.25, 0.3) is 0 Å². The van der Waals surface area contributed by atoms with Gasteiger partial charge in [-0.25, -0.2) is 0 Å². The van der Waals surface area contributed by atoms with Crippen molar-refractivity contribution in [2.24, 2.45) is 5.73 Å². The van der Waals surface area contributed by atoms with Gasteiger partial charge >= 0.3 is 0 Å². The van der Waals surface area contributed by atoms with Crippen LogP contribution < -0.4 is 5.73 Å². The minimum absolute atomic E-state index is 0.132. The van der Waals surface area contributed by atoms with E-state index in [1.807, 2.05) is 6.92 Å². The maximum Gasteiger partial charge on any atom is 0.161 e. The first-order chi connectivity index (χ1) is 2.64. The van der Waals surface area contributed by atoms with Gasteiger partial charge in [0.15, 0.2) is 5.78 Å². The Balaban J connectivity index is 3.26. The molecule has 1 nitrogen and oxygen atoms in total. The third-order valence-electron chi connectivity index (χ3n) is 0.695. The van der Waals surface area contributed by atoms with E-state index >= 15 is 0 Å². The summed E-state index contributed by atoms with van der Waals surface area (Å²) in [5, 5.41) is 0. The summed E-state index contributed by atoms with van der Waals surface area (Å²) < 4.78 is 0. The smallest absolute Gasteiger partial charge is 0.161 e. The molecular formula is C4H11NP+. The Kier molecular flexibility index (Phi) is 2.38. The van der Waals surface area contributed by atoms with E-state index in [0.717, 1.165) is 0 Å². The molecule has 0 radical (unpaired) electrons. The van der Waals surface area contributed by atoms with Gasteiger partial charge in [-0.15, -0.1) is 0 Å². The molecule has 0 rings (SSSR count). The van der Waals surface area contributed by atoms with Crippen molar-refractivity contribution in [2.45, 2.75) is 12.7 Å². The Bertz CT molecular complexity index is 58.6. The fourth-order valence-corrected chi connectivity index (χ4v) is 0. The first-order valence-corrected chi connectivity index (χ1v) is 3.98. The van der Waals surface area contributed by atoms with Crippen LogP contribution in [0.15, 0.2) is 0 Å². The topological polar surface area (TPSA) is 26.0 Å². The predicted molar refractivity (Wildman–Crippen MR) is 33.6 cm³/mol. The summed E-state index contributed by atoms with van der Waals surface area (Å²) in [5.74, 6) is 0.306. The molecule has 0 spiro atoms. The van der Waals surface area contributed by atoms with Crippen LogP contribution in [0.2, 0.25) is 0 Å². The van der Waals surface area contributed by atoms with Gasteiger partial charge in [0, 0.05) is 0 Å². The molecule has 0 aliphatic rings. The van der Waals surface area contributed by atoms with Crippen LogP contribution in [-0.2, 0) is 0 Å². The summed E-state index contributed by atoms with van der Waals surface area (Å²) >= 11 is 0. The van der Waals surface area contributed by atoms with Gasteiger partial charge in [0.1, 0.15) is 7.55 Å². The average Bonchev–Trinajstić information content (AvgIpc) is 1.36. The highest BCUT2D eigenvalue weighted by Crippen LogP contribution is 2.15. The van der Waals surface area contributed by atoms with Gasteiger partial charge in [-0.2, -0.15) is 0 Å². The number of rotatable bonds is 1. The normalized spacial score (nSPS) is 16.8. The first kappa shape index (κ1) is 6.13. The second-order valence-corrected chi connectivity index (χ2v) is 3.83. The summed E-state index contributed by atoms with van der Waals surface area (Å²) in [5.41, 5.74) is 5.40. The number of hydrogen-bond donors (Lipinski definition) is 1. The van der Waals surface area contributed by atoms with Crippen LogP contribution in [0.4, 0.5) is 0 Å². The molecule has 2 atom stereocenters. The van der Waals surface area contributed by atoms with E-state index < -0.39 is 0 Å². The highest BCUT2D eigenvalue weighted by molar-refractivity contribution is 7.55. The molecule has 6 heavy (non-hydrogen) atoms. The molecule has 0 aliphatic heterocycles. The molecule has 36 valence electrons. The van der Waals surface area contributed by atoms with Gasteiger partial charge in [-0.3, -0.25) is 5.73 Å². The Morgan fingerprint density at radius 3 is 2.00 bits per heavy atom. The van der Waals surface area contributed by atoms with Crippen molar-refractivity contribution in [3.63, 3.8) is 0 Å². The van der Waals surface area contributed by atoms with Crippen LogP contribution in [0, 0.1) is 0 Å². The average molecular weight is 104 g/mol. The molecule has 2 N–H and O–H groups in total. The SMILES string of the molecule is C=[P+](C)C(C)N. The van der Waals surface area contributed by atoms with Crippen LogP contribution in [0.1, 0.15) is 6.92 Å². The molecule has 0 aromatic rings. The molecule has 0 amide bonds. The molecule has 0 aliphatic carbocycles.